The van der Waals surface area contributed by atoms with E-state index in [2.05, 4.69) is 64.0 Å². The Morgan fingerprint density at radius 2 is 0.846 bits per heavy atom. The Morgan fingerprint density at radius 3 is 1.15 bits per heavy atom. The fourth-order valence-corrected chi connectivity index (χ4v) is 17.7. The summed E-state index contributed by atoms with van der Waals surface area (Å²) < 4.78 is 26.9. The molecule has 16 heteroatoms. The second kappa shape index (κ2) is 19.9. The average Bonchev–Trinajstić information content (AvgIpc) is 4.03. The number of halogens is 2. The smallest absolute Gasteiger partial charge is 0.254 e. The van der Waals surface area contributed by atoms with Crippen molar-refractivity contribution in [3.05, 3.63) is 87.7 Å². The minimum absolute atomic E-state index is 0.0796. The van der Waals surface area contributed by atoms with Crippen LogP contribution in [0, 0.1) is 24.7 Å². The number of rotatable bonds is 10. The molecule has 6 fully saturated rings. The lowest BCUT2D eigenvalue weighted by Gasteiger charge is -2.59. The van der Waals surface area contributed by atoms with E-state index in [1.807, 2.05) is 40.2 Å². The van der Waals surface area contributed by atoms with E-state index >= 15 is 0 Å². The van der Waals surface area contributed by atoms with Gasteiger partial charge in [0, 0.05) is 93.8 Å². The Bertz CT molecular complexity index is 2850. The number of thioether (sulfide) groups is 2. The molecule has 78 heavy (non-hydrogen) atoms. The minimum atomic E-state index is -0.813. The third-order valence-corrected chi connectivity index (χ3v) is 23.5. The molecule has 12 aliphatic rings. The molecule has 4 heterocycles. The largest absolute Gasteiger partial charge is 0.448 e. The summed E-state index contributed by atoms with van der Waals surface area (Å²) in [5.74, 6) is 0.803. The van der Waals surface area contributed by atoms with Gasteiger partial charge in [0.05, 0.1) is 34.3 Å². The first-order valence-corrected chi connectivity index (χ1v) is 31.4. The molecule has 2 atom stereocenters. The maximum Gasteiger partial charge on any atom is 0.254 e. The van der Waals surface area contributed by atoms with Gasteiger partial charge in [-0.1, -0.05) is 34.3 Å². The second-order valence-electron chi connectivity index (χ2n) is 25.2. The Hall–Kier alpha value is -3.92. The summed E-state index contributed by atoms with van der Waals surface area (Å²) in [4.78, 5) is 64.0. The van der Waals surface area contributed by atoms with Crippen LogP contribution in [0.2, 0.25) is 10.0 Å². The SMILES string of the molecule is CSC1=C(CN2CCc3c(Cl)c4c(c(C)c3C2=O)O[C@@](C)(C23CCC(N(C)C)(CC2)CC3)O4)C(=O)CC(C)=C1.CSC1=C(CN2CCc3c(Cl)c4c(c(C)c3C2=O)O[C@](C)(C23CCC(N(C)C)(CC2)CC3)O4)C(=O)CC(C)=C1. The van der Waals surface area contributed by atoms with Gasteiger partial charge in [0.2, 0.25) is 0 Å². The molecule has 8 aliphatic carbocycles. The van der Waals surface area contributed by atoms with Gasteiger partial charge in [0.25, 0.3) is 23.4 Å². The normalized spacial score (nSPS) is 31.8. The van der Waals surface area contributed by atoms with Crippen LogP contribution < -0.4 is 18.9 Å². The summed E-state index contributed by atoms with van der Waals surface area (Å²) in [7, 11) is 8.80. The molecule has 420 valence electrons. The molecule has 4 aliphatic heterocycles. The topological polar surface area (TPSA) is 118 Å². The van der Waals surface area contributed by atoms with Crippen molar-refractivity contribution in [2.24, 2.45) is 10.8 Å². The molecule has 12 nitrogen and oxygen atoms in total. The van der Waals surface area contributed by atoms with Crippen molar-refractivity contribution in [1.82, 2.24) is 19.6 Å². The van der Waals surface area contributed by atoms with E-state index in [1.54, 1.807) is 33.3 Å². The molecule has 4 bridgehead atoms. The number of allylic oxidation sites excluding steroid dienone is 4. The zero-order valence-electron chi connectivity index (χ0n) is 47.9. The molecule has 2 aromatic rings. The minimum Gasteiger partial charge on any atom is -0.448 e. The summed E-state index contributed by atoms with van der Waals surface area (Å²) in [5.41, 5.74) is 8.45. The molecule has 0 spiro atoms. The second-order valence-corrected chi connectivity index (χ2v) is 27.7. The van der Waals surface area contributed by atoms with Gasteiger partial charge >= 0.3 is 0 Å². The molecule has 0 radical (unpaired) electrons. The van der Waals surface area contributed by atoms with Crippen molar-refractivity contribution in [2.75, 3.05) is 66.9 Å². The first-order valence-electron chi connectivity index (χ1n) is 28.2. The van der Waals surface area contributed by atoms with Gasteiger partial charge in [-0.05, 0) is 182 Å². The van der Waals surface area contributed by atoms with E-state index in [0.29, 0.717) is 96.0 Å². The van der Waals surface area contributed by atoms with Crippen molar-refractivity contribution < 1.29 is 38.1 Å². The molecule has 0 N–H and O–H groups in total. The van der Waals surface area contributed by atoms with E-state index in [-0.39, 0.29) is 45.3 Å². The number of ether oxygens (including phenoxy) is 4. The van der Waals surface area contributed by atoms with Gasteiger partial charge in [-0.3, -0.25) is 19.2 Å². The first-order chi connectivity index (χ1) is 36.9. The monoisotopic (exact) mass is 1140 g/mol. The predicted molar refractivity (Wildman–Crippen MR) is 312 cm³/mol. The number of carbonyl (C=O) groups is 4. The van der Waals surface area contributed by atoms with Crippen molar-refractivity contribution in [3.63, 3.8) is 0 Å². The highest BCUT2D eigenvalue weighted by Crippen LogP contribution is 2.66. The Morgan fingerprint density at radius 1 is 0.526 bits per heavy atom. The highest BCUT2D eigenvalue weighted by Gasteiger charge is 2.64. The van der Waals surface area contributed by atoms with Crippen LogP contribution in [0.3, 0.4) is 0 Å². The summed E-state index contributed by atoms with van der Waals surface area (Å²) in [6.07, 6.45) is 23.3. The molecule has 6 saturated carbocycles. The van der Waals surface area contributed by atoms with Crippen LogP contribution in [0.4, 0.5) is 0 Å². The highest BCUT2D eigenvalue weighted by atomic mass is 35.5. The third-order valence-electron chi connectivity index (χ3n) is 21.1. The van der Waals surface area contributed by atoms with E-state index in [9.17, 15) is 19.2 Å². The van der Waals surface area contributed by atoms with Crippen LogP contribution in [0.5, 0.6) is 23.0 Å². The molecule has 2 amide bonds. The van der Waals surface area contributed by atoms with Gasteiger partial charge in [0.1, 0.15) is 0 Å². The van der Waals surface area contributed by atoms with Crippen LogP contribution in [0.25, 0.3) is 0 Å². The van der Waals surface area contributed by atoms with Crippen molar-refractivity contribution in [2.45, 2.75) is 167 Å². The number of benzene rings is 2. The molecule has 0 aromatic heterocycles. The van der Waals surface area contributed by atoms with Crippen molar-refractivity contribution >= 4 is 70.1 Å². The standard InChI is InChI=1S/2C31H39ClN2O4S/c2*1-18-15-22(35)21(23(16-18)39-6)17-34-14-7-20-24(28(34)36)19(2)26-27(25(20)32)38-29(3,37-26)30-8-11-31(12-9-30,13-10-30)33(4)5/h2*16H,7-15,17H2,1-6H3/t2*29-,30?,31?/m10/s1. The molecule has 0 unspecified atom stereocenters. The molecule has 0 saturated heterocycles. The van der Waals surface area contributed by atoms with E-state index in [4.69, 9.17) is 42.1 Å². The van der Waals surface area contributed by atoms with Gasteiger partial charge in [-0.25, -0.2) is 0 Å². The number of amides is 2. The summed E-state index contributed by atoms with van der Waals surface area (Å²) in [5, 5.41) is 1.01. The predicted octanol–water partition coefficient (Wildman–Crippen LogP) is 12.6. The zero-order valence-corrected chi connectivity index (χ0v) is 51.1. The number of hydrogen-bond acceptors (Lipinski definition) is 12. The van der Waals surface area contributed by atoms with Crippen molar-refractivity contribution in [3.8, 4) is 23.0 Å². The maximum absolute atomic E-state index is 13.9. The summed E-state index contributed by atoms with van der Waals surface area (Å²) >= 11 is 17.1. The lowest BCUT2D eigenvalue weighted by Crippen LogP contribution is -2.62. The number of ketones is 2. The van der Waals surface area contributed by atoms with Crippen LogP contribution >= 0.6 is 46.7 Å². The third kappa shape index (κ3) is 8.58. The number of hydrogen-bond donors (Lipinski definition) is 0. The Balaban J connectivity index is 0.000000165. The fraction of sp³-hybridized carbons (Fsp3) is 0.613. The lowest BCUT2D eigenvalue weighted by atomic mass is 9.54. The summed E-state index contributed by atoms with van der Waals surface area (Å²) in [6.45, 7) is 13.7. The van der Waals surface area contributed by atoms with Gasteiger partial charge in [-0.2, -0.15) is 0 Å². The quantitative estimate of drug-likeness (QED) is 0.225. The molecular weight excluding hydrogens is 1060 g/mol. The number of nitrogens with zero attached hydrogens (tertiary/aromatic N) is 4. The van der Waals surface area contributed by atoms with Crippen LogP contribution in [-0.2, 0) is 22.4 Å². The number of fused-ring (bicyclic) bond motifs is 10. The molecule has 2 aromatic carbocycles. The van der Waals surface area contributed by atoms with Crippen LogP contribution in [-0.4, -0.2) is 133 Å². The van der Waals surface area contributed by atoms with Gasteiger partial charge < -0.3 is 38.5 Å². The van der Waals surface area contributed by atoms with Crippen LogP contribution in [0.15, 0.2) is 44.3 Å². The number of Topliss-reactive ketones (excluding diaryl/α,β-unsaturated/α-hetero) is 2. The fourth-order valence-electron chi connectivity index (χ4n) is 15.6. The first kappa shape index (κ1) is 56.0. The maximum atomic E-state index is 13.9. The molecule has 14 rings (SSSR count). The van der Waals surface area contributed by atoms with E-state index < -0.39 is 11.6 Å². The average molecular weight is 1140 g/mol. The van der Waals surface area contributed by atoms with Gasteiger partial charge in [-0.15, -0.1) is 23.5 Å². The van der Waals surface area contributed by atoms with E-state index in [0.717, 1.165) is 131 Å². The Kier molecular flexibility index (Phi) is 14.3. The lowest BCUT2D eigenvalue weighted by molar-refractivity contribution is -0.212. The van der Waals surface area contributed by atoms with Crippen LogP contribution in [0.1, 0.15) is 161 Å². The zero-order chi connectivity index (χ0) is 55.8. The van der Waals surface area contributed by atoms with E-state index in [1.165, 1.54) is 0 Å². The highest BCUT2D eigenvalue weighted by molar-refractivity contribution is 8.02. The summed E-state index contributed by atoms with van der Waals surface area (Å²) in [6, 6.07) is 0. The number of carbonyl (C=O) groups excluding carboxylic acids is 4. The van der Waals surface area contributed by atoms with Gasteiger partial charge in [0.15, 0.2) is 34.6 Å². The van der Waals surface area contributed by atoms with Crippen molar-refractivity contribution in [1.29, 1.82) is 0 Å². The molecular formula is C62H78Cl2N4O8S2. The Labute approximate surface area is 480 Å².